The molecule has 0 nitrogen and oxygen atoms in total. The molecule has 36 heavy (non-hydrogen) atoms. The van der Waals surface area contributed by atoms with E-state index in [9.17, 15) is 0 Å². The van der Waals surface area contributed by atoms with E-state index in [0.717, 1.165) is 0 Å². The first-order valence-corrected chi connectivity index (χ1v) is 17.5. The molecule has 0 rings (SSSR count). The van der Waals surface area contributed by atoms with Crippen molar-refractivity contribution in [3.05, 3.63) is 0 Å². The molecule has 0 saturated heterocycles. The zero-order valence-electron chi connectivity index (χ0n) is 30.1. The summed E-state index contributed by atoms with van der Waals surface area (Å²) < 4.78 is 0. The van der Waals surface area contributed by atoms with E-state index >= 15 is 0 Å². The summed E-state index contributed by atoms with van der Waals surface area (Å²) in [5.41, 5.74) is 0. The fourth-order valence-corrected chi connectivity index (χ4v) is 2.41. The molecule has 0 heteroatoms. The molecule has 0 atom stereocenters. The number of hydrogen-bond donors (Lipinski definition) is 0. The maximum atomic E-state index is 2.23. The summed E-state index contributed by atoms with van der Waals surface area (Å²) in [6.07, 6.45) is 27.4. The van der Waals surface area contributed by atoms with E-state index in [1.54, 1.807) is 0 Å². The number of rotatable bonds is 14. The fourth-order valence-electron chi connectivity index (χ4n) is 2.41. The van der Waals surface area contributed by atoms with E-state index in [-0.39, 0.29) is 0 Å². The minimum Gasteiger partial charge on any atom is -0.0683 e. The average Bonchev–Trinajstić information content (AvgIpc) is 2.92. The van der Waals surface area contributed by atoms with Crippen LogP contribution in [0.4, 0.5) is 0 Å². The van der Waals surface area contributed by atoms with Gasteiger partial charge in [-0.25, -0.2) is 0 Å². The third-order valence-electron chi connectivity index (χ3n) is 4.74. The molecule has 0 unspecified atom stereocenters. The van der Waals surface area contributed by atoms with E-state index in [1.807, 2.05) is 27.7 Å². The van der Waals surface area contributed by atoms with Crippen molar-refractivity contribution in [3.8, 4) is 0 Å². The Hall–Kier alpha value is 0. The minimum absolute atomic E-state index is 1.34. The van der Waals surface area contributed by atoms with Gasteiger partial charge in [0.05, 0.1) is 0 Å². The van der Waals surface area contributed by atoms with Crippen LogP contribution < -0.4 is 0 Å². The topological polar surface area (TPSA) is 0 Å². The lowest BCUT2D eigenvalue weighted by Gasteiger charge is -1.86. The van der Waals surface area contributed by atoms with Crippen molar-refractivity contribution in [1.29, 1.82) is 0 Å². The summed E-state index contributed by atoms with van der Waals surface area (Å²) in [7, 11) is 0. The summed E-state index contributed by atoms with van der Waals surface area (Å²) in [6.45, 7) is 34.6. The first-order chi connectivity index (χ1) is 17.5. The Balaban J connectivity index is -0.0000000424. The van der Waals surface area contributed by atoms with E-state index in [0.29, 0.717) is 0 Å². The van der Waals surface area contributed by atoms with Crippen molar-refractivity contribution >= 4 is 0 Å². The van der Waals surface area contributed by atoms with Crippen LogP contribution in [0.2, 0.25) is 0 Å². The Morgan fingerprint density at radius 3 is 0.278 bits per heavy atom. The van der Waals surface area contributed by atoms with Crippen molar-refractivity contribution in [2.24, 2.45) is 0 Å². The van der Waals surface area contributed by atoms with Gasteiger partial charge >= 0.3 is 0 Å². The van der Waals surface area contributed by atoms with Crippen LogP contribution in [0, 0.1) is 0 Å². The van der Waals surface area contributed by atoms with Crippen LogP contribution in [0.15, 0.2) is 0 Å². The summed E-state index contributed by atoms with van der Waals surface area (Å²) in [5.74, 6) is 0. The quantitative estimate of drug-likeness (QED) is 0.200. The number of unbranched alkanes of at least 4 members (excludes halogenated alkanes) is 14. The van der Waals surface area contributed by atoms with Crippen LogP contribution in [-0.4, -0.2) is 0 Å². The Bertz CT molecular complexity index is 125. The largest absolute Gasteiger partial charge is 0.0683 e. The molecule has 0 aliphatic rings. The van der Waals surface area contributed by atoms with Crippen LogP contribution in [0.1, 0.15) is 239 Å². The highest BCUT2D eigenvalue weighted by Gasteiger charge is 1.76. The van der Waals surface area contributed by atoms with Gasteiger partial charge in [0.15, 0.2) is 0 Å². The van der Waals surface area contributed by atoms with Crippen molar-refractivity contribution in [2.75, 3.05) is 0 Å². The molecule has 0 radical (unpaired) electrons. The third-order valence-corrected chi connectivity index (χ3v) is 4.74. The maximum absolute atomic E-state index is 2.23. The van der Waals surface area contributed by atoms with Crippen molar-refractivity contribution in [1.82, 2.24) is 0 Å². The second-order valence-electron chi connectivity index (χ2n) is 8.83. The van der Waals surface area contributed by atoms with E-state index in [1.165, 1.54) is 128 Å². The number of hydrogen-bond acceptors (Lipinski definition) is 0. The SMILES string of the molecule is CC.CC.CCCCC.CCCCC.CCCCC.CCCCC.CCCCCC.CCCCCC. The first kappa shape index (κ1) is 56.2. The molecule has 0 N–H and O–H groups in total. The summed E-state index contributed by atoms with van der Waals surface area (Å²) in [4.78, 5) is 0. The zero-order chi connectivity index (χ0) is 30.1. The second-order valence-corrected chi connectivity index (χ2v) is 8.83. The Morgan fingerprint density at radius 2 is 0.250 bits per heavy atom. The van der Waals surface area contributed by atoms with Gasteiger partial charge in [0, 0.05) is 0 Å². The Morgan fingerprint density at radius 1 is 0.167 bits per heavy atom. The Kier molecular flexibility index (Phi) is 158. The molecule has 0 amide bonds. The highest BCUT2D eigenvalue weighted by molar-refractivity contribution is 4.32. The monoisotopic (exact) mass is 521 g/mol. The van der Waals surface area contributed by atoms with Crippen molar-refractivity contribution < 1.29 is 0 Å². The second kappa shape index (κ2) is 101. The van der Waals surface area contributed by atoms with Gasteiger partial charge in [-0.1, -0.05) is 239 Å². The third kappa shape index (κ3) is 189. The predicted octanol–water partition coefficient (Wildman–Crippen LogP) is 16.0. The van der Waals surface area contributed by atoms with Gasteiger partial charge in [0.25, 0.3) is 0 Å². The lowest BCUT2D eigenvalue weighted by molar-refractivity contribution is 0.702. The van der Waals surface area contributed by atoms with Crippen LogP contribution in [0.3, 0.4) is 0 Å². The molecule has 0 bridgehead atoms. The van der Waals surface area contributed by atoms with Gasteiger partial charge in [-0.3, -0.25) is 0 Å². The summed E-state index contributed by atoms with van der Waals surface area (Å²) >= 11 is 0. The average molecular weight is 521 g/mol. The molecule has 0 aromatic heterocycles. The van der Waals surface area contributed by atoms with E-state index in [2.05, 4.69) is 83.1 Å². The fraction of sp³-hybridized carbons (Fsp3) is 1.00. The molecule has 0 saturated carbocycles. The molecular formula is C36H88. The molecule has 0 spiro atoms. The summed E-state index contributed by atoms with van der Waals surface area (Å²) in [6, 6.07) is 0. The molecule has 0 heterocycles. The van der Waals surface area contributed by atoms with Crippen LogP contribution in [-0.2, 0) is 0 Å². The van der Waals surface area contributed by atoms with Crippen molar-refractivity contribution in [2.45, 2.75) is 239 Å². The lowest BCUT2D eigenvalue weighted by Crippen LogP contribution is -1.66. The molecule has 0 aromatic rings. The highest BCUT2D eigenvalue weighted by atomic mass is 13.8. The van der Waals surface area contributed by atoms with Crippen LogP contribution >= 0.6 is 0 Å². The van der Waals surface area contributed by atoms with Gasteiger partial charge in [-0.15, -0.1) is 0 Å². The van der Waals surface area contributed by atoms with Crippen LogP contribution in [0.25, 0.3) is 0 Å². The van der Waals surface area contributed by atoms with Gasteiger partial charge in [-0.2, -0.15) is 0 Å². The normalized spacial score (nSPS) is 8.00. The van der Waals surface area contributed by atoms with Crippen molar-refractivity contribution in [3.63, 3.8) is 0 Å². The molecule has 0 aliphatic heterocycles. The van der Waals surface area contributed by atoms with Gasteiger partial charge in [0.1, 0.15) is 0 Å². The molecule has 0 aliphatic carbocycles. The summed E-state index contributed by atoms with van der Waals surface area (Å²) in [5, 5.41) is 0. The maximum Gasteiger partial charge on any atom is -0.0536 e. The standard InChI is InChI=1S/2C6H14.4C5H12.2C2H6/c2*1-3-5-6-4-2;4*1-3-5-4-2;2*1-2/h2*3-6H2,1-2H3;4*3-5H2,1-2H3;2*1-2H3. The minimum atomic E-state index is 1.34. The zero-order valence-corrected chi connectivity index (χ0v) is 30.1. The van der Waals surface area contributed by atoms with E-state index < -0.39 is 0 Å². The Labute approximate surface area is 239 Å². The first-order valence-electron chi connectivity index (χ1n) is 17.5. The smallest absolute Gasteiger partial charge is 0.0536 e. The molecular weight excluding hydrogens is 432 g/mol. The van der Waals surface area contributed by atoms with E-state index in [4.69, 9.17) is 0 Å². The lowest BCUT2D eigenvalue weighted by atomic mass is 10.2. The highest BCUT2D eigenvalue weighted by Crippen LogP contribution is 1.96. The van der Waals surface area contributed by atoms with Gasteiger partial charge < -0.3 is 0 Å². The molecule has 0 aromatic carbocycles. The van der Waals surface area contributed by atoms with Gasteiger partial charge in [-0.05, 0) is 0 Å². The van der Waals surface area contributed by atoms with Crippen LogP contribution in [0.5, 0.6) is 0 Å². The molecule has 232 valence electrons. The predicted molar refractivity (Wildman–Crippen MR) is 183 cm³/mol. The van der Waals surface area contributed by atoms with Gasteiger partial charge in [0.2, 0.25) is 0 Å². The molecule has 0 fully saturated rings.